The minimum absolute atomic E-state index is 0.221. The van der Waals surface area contributed by atoms with Gasteiger partial charge in [-0.05, 0) is 50.8 Å². The zero-order valence-electron chi connectivity index (χ0n) is 14.9. The monoisotopic (exact) mass is 328 g/mol. The van der Waals surface area contributed by atoms with Crippen LogP contribution in [0, 0.1) is 20.8 Å². The van der Waals surface area contributed by atoms with Crippen molar-refractivity contribution in [2.45, 2.75) is 41.0 Å². The van der Waals surface area contributed by atoms with Crippen LogP contribution in [0.25, 0.3) is 0 Å². The molecule has 0 saturated carbocycles. The van der Waals surface area contributed by atoms with Gasteiger partial charge in [0, 0.05) is 11.4 Å². The number of benzene rings is 1. The van der Waals surface area contributed by atoms with Crippen LogP contribution in [0.4, 0.5) is 5.69 Å². The number of aryl methyl sites for hydroxylation is 3. The first-order valence-electron chi connectivity index (χ1n) is 8.16. The normalized spacial score (nSPS) is 10.5. The van der Waals surface area contributed by atoms with Crippen molar-refractivity contribution >= 4 is 17.6 Å². The van der Waals surface area contributed by atoms with E-state index in [1.165, 1.54) is 0 Å². The van der Waals surface area contributed by atoms with Crippen LogP contribution in [0.3, 0.4) is 0 Å². The Labute approximate surface area is 142 Å². The highest BCUT2D eigenvalue weighted by Crippen LogP contribution is 2.24. The number of aromatic amines is 1. The molecule has 128 valence electrons. The van der Waals surface area contributed by atoms with Gasteiger partial charge >= 0.3 is 5.97 Å². The van der Waals surface area contributed by atoms with Crippen LogP contribution in [0.5, 0.6) is 0 Å². The molecule has 2 aromatic rings. The molecule has 0 radical (unpaired) electrons. The molecule has 0 unspecified atom stereocenters. The fraction of sp³-hybridized carbons (Fsp3) is 0.368. The van der Waals surface area contributed by atoms with Crippen LogP contribution in [-0.2, 0) is 11.2 Å². The fourth-order valence-electron chi connectivity index (χ4n) is 2.88. The van der Waals surface area contributed by atoms with E-state index in [1.807, 2.05) is 25.1 Å². The number of nitrogens with one attached hydrogen (secondary N) is 2. The van der Waals surface area contributed by atoms with E-state index in [2.05, 4.69) is 17.2 Å². The number of rotatable bonds is 5. The second-order valence-corrected chi connectivity index (χ2v) is 5.76. The van der Waals surface area contributed by atoms with E-state index in [4.69, 9.17) is 4.74 Å². The average Bonchev–Trinajstić information content (AvgIpc) is 2.84. The third-order valence-corrected chi connectivity index (χ3v) is 4.12. The predicted octanol–water partition coefficient (Wildman–Crippen LogP) is 3.93. The van der Waals surface area contributed by atoms with Crippen LogP contribution in [-0.4, -0.2) is 23.5 Å². The Balaban J connectivity index is 2.37. The minimum atomic E-state index is -0.442. The van der Waals surface area contributed by atoms with Gasteiger partial charge in [-0.25, -0.2) is 4.79 Å². The van der Waals surface area contributed by atoms with E-state index in [0.29, 0.717) is 29.1 Å². The van der Waals surface area contributed by atoms with E-state index in [1.54, 1.807) is 20.8 Å². The molecule has 1 heterocycles. The zero-order valence-corrected chi connectivity index (χ0v) is 14.9. The van der Waals surface area contributed by atoms with Gasteiger partial charge in [0.15, 0.2) is 0 Å². The Morgan fingerprint density at radius 2 is 1.88 bits per heavy atom. The van der Waals surface area contributed by atoms with E-state index < -0.39 is 5.97 Å². The smallest absolute Gasteiger partial charge is 0.355 e. The predicted molar refractivity (Wildman–Crippen MR) is 94.7 cm³/mol. The standard InChI is InChI=1S/C19H24N2O3/c1-6-14-10-8-9-11(3)16(14)21-18(22)15-12(4)17(20-13(15)5)19(23)24-7-2/h8-10,20H,6-7H2,1-5H3,(H,21,22). The van der Waals surface area contributed by atoms with Gasteiger partial charge in [-0.1, -0.05) is 25.1 Å². The molecular weight excluding hydrogens is 304 g/mol. The van der Waals surface area contributed by atoms with E-state index in [-0.39, 0.29) is 5.91 Å². The van der Waals surface area contributed by atoms with E-state index in [0.717, 1.165) is 23.2 Å². The number of para-hydroxylation sites is 1. The Morgan fingerprint density at radius 1 is 1.17 bits per heavy atom. The quantitative estimate of drug-likeness (QED) is 0.817. The molecule has 24 heavy (non-hydrogen) atoms. The molecule has 0 aliphatic carbocycles. The zero-order chi connectivity index (χ0) is 17.9. The number of anilines is 1. The number of amides is 1. The highest BCUT2D eigenvalue weighted by molar-refractivity contribution is 6.08. The van der Waals surface area contributed by atoms with Gasteiger partial charge in [-0.2, -0.15) is 0 Å². The maximum Gasteiger partial charge on any atom is 0.355 e. The Bertz CT molecular complexity index is 775. The average molecular weight is 328 g/mol. The topological polar surface area (TPSA) is 71.2 Å². The number of hydrogen-bond acceptors (Lipinski definition) is 3. The lowest BCUT2D eigenvalue weighted by molar-refractivity contribution is 0.0519. The first-order chi connectivity index (χ1) is 11.4. The van der Waals surface area contributed by atoms with Gasteiger partial charge in [-0.15, -0.1) is 0 Å². The number of H-pyrrole nitrogens is 1. The maximum absolute atomic E-state index is 12.8. The molecule has 1 aromatic carbocycles. The second-order valence-electron chi connectivity index (χ2n) is 5.76. The van der Waals surface area contributed by atoms with E-state index in [9.17, 15) is 9.59 Å². The maximum atomic E-state index is 12.8. The van der Waals surface area contributed by atoms with Crippen LogP contribution in [0.1, 0.15) is 57.1 Å². The Hall–Kier alpha value is -2.56. The lowest BCUT2D eigenvalue weighted by atomic mass is 10.0. The van der Waals surface area contributed by atoms with Crippen molar-refractivity contribution in [1.82, 2.24) is 4.98 Å². The van der Waals surface area contributed by atoms with Crippen molar-refractivity contribution in [3.8, 4) is 0 Å². The van der Waals surface area contributed by atoms with Crippen LogP contribution in [0.2, 0.25) is 0 Å². The highest BCUT2D eigenvalue weighted by Gasteiger charge is 2.23. The molecule has 2 N–H and O–H groups in total. The molecular formula is C19H24N2O3. The number of carbonyl (C=O) groups excluding carboxylic acids is 2. The molecule has 0 aliphatic rings. The first-order valence-corrected chi connectivity index (χ1v) is 8.16. The molecule has 0 fully saturated rings. The van der Waals surface area contributed by atoms with Crippen molar-refractivity contribution in [3.63, 3.8) is 0 Å². The summed E-state index contributed by atoms with van der Waals surface area (Å²) in [5, 5.41) is 3.00. The molecule has 0 spiro atoms. The summed E-state index contributed by atoms with van der Waals surface area (Å²) in [4.78, 5) is 27.7. The molecule has 5 nitrogen and oxygen atoms in total. The summed E-state index contributed by atoms with van der Waals surface area (Å²) in [6.07, 6.45) is 0.830. The third-order valence-electron chi connectivity index (χ3n) is 4.12. The van der Waals surface area contributed by atoms with Crippen molar-refractivity contribution in [3.05, 3.63) is 51.8 Å². The molecule has 5 heteroatoms. The van der Waals surface area contributed by atoms with Crippen molar-refractivity contribution in [2.75, 3.05) is 11.9 Å². The summed E-state index contributed by atoms with van der Waals surface area (Å²) < 4.78 is 5.03. The van der Waals surface area contributed by atoms with Gasteiger partial charge in [0.25, 0.3) is 5.91 Å². The lowest BCUT2D eigenvalue weighted by Crippen LogP contribution is -2.16. The highest BCUT2D eigenvalue weighted by atomic mass is 16.5. The van der Waals surface area contributed by atoms with Crippen molar-refractivity contribution in [2.24, 2.45) is 0 Å². The van der Waals surface area contributed by atoms with Crippen LogP contribution < -0.4 is 5.32 Å². The van der Waals surface area contributed by atoms with Gasteiger partial charge in [0.2, 0.25) is 0 Å². The van der Waals surface area contributed by atoms with Crippen LogP contribution in [0.15, 0.2) is 18.2 Å². The summed E-state index contributed by atoms with van der Waals surface area (Å²) in [5.41, 5.74) is 5.01. The molecule has 0 atom stereocenters. The number of hydrogen-bond donors (Lipinski definition) is 2. The molecule has 1 aromatic heterocycles. The first kappa shape index (κ1) is 17.8. The summed E-state index contributed by atoms with van der Waals surface area (Å²) in [7, 11) is 0. The van der Waals surface area contributed by atoms with Crippen molar-refractivity contribution < 1.29 is 14.3 Å². The number of aromatic nitrogens is 1. The minimum Gasteiger partial charge on any atom is -0.461 e. The Kier molecular flexibility index (Phi) is 5.44. The fourth-order valence-corrected chi connectivity index (χ4v) is 2.88. The van der Waals surface area contributed by atoms with Gasteiger partial charge < -0.3 is 15.0 Å². The van der Waals surface area contributed by atoms with E-state index >= 15 is 0 Å². The number of ether oxygens (including phenoxy) is 1. The number of esters is 1. The molecule has 0 bridgehead atoms. The van der Waals surface area contributed by atoms with Crippen molar-refractivity contribution in [1.29, 1.82) is 0 Å². The molecule has 0 saturated heterocycles. The molecule has 2 rings (SSSR count). The SMILES string of the molecule is CCOC(=O)c1[nH]c(C)c(C(=O)Nc2c(C)cccc2CC)c1C. The lowest BCUT2D eigenvalue weighted by Gasteiger charge is -2.13. The molecule has 0 aliphatic heterocycles. The summed E-state index contributed by atoms with van der Waals surface area (Å²) in [5.74, 6) is -0.664. The summed E-state index contributed by atoms with van der Waals surface area (Å²) >= 11 is 0. The Morgan fingerprint density at radius 3 is 2.50 bits per heavy atom. The number of carbonyl (C=O) groups is 2. The van der Waals surface area contributed by atoms with Gasteiger partial charge in [0.05, 0.1) is 12.2 Å². The van der Waals surface area contributed by atoms with Gasteiger partial charge in [-0.3, -0.25) is 4.79 Å². The second kappa shape index (κ2) is 7.34. The largest absolute Gasteiger partial charge is 0.461 e. The molecule has 1 amide bonds. The van der Waals surface area contributed by atoms with Gasteiger partial charge in [0.1, 0.15) is 5.69 Å². The van der Waals surface area contributed by atoms with Crippen LogP contribution >= 0.6 is 0 Å². The summed E-state index contributed by atoms with van der Waals surface area (Å²) in [6.45, 7) is 9.60. The third kappa shape index (κ3) is 3.35. The summed E-state index contributed by atoms with van der Waals surface area (Å²) in [6, 6.07) is 5.95.